The number of halogens is 2. The second-order valence-electron chi connectivity index (χ2n) is 3.27. The number of nitrogens with zero attached hydrogens (tertiary/aromatic N) is 2. The molecule has 0 saturated heterocycles. The Balaban J connectivity index is 2.29. The minimum absolute atomic E-state index is 0.00661. The topological polar surface area (TPSA) is 65.2 Å². The van der Waals surface area contributed by atoms with E-state index < -0.39 is 11.8 Å². The normalized spacial score (nSPS) is 10.4. The van der Waals surface area contributed by atoms with Gasteiger partial charge in [-0.05, 0) is 25.1 Å². The van der Waals surface area contributed by atoms with Gasteiger partial charge in [0.2, 0.25) is 5.82 Å². The molecule has 0 fully saturated rings. The molecule has 18 heavy (non-hydrogen) atoms. The molecular weight excluding hydrogens is 263 g/mol. The van der Waals surface area contributed by atoms with E-state index in [1.807, 2.05) is 0 Å². The summed E-state index contributed by atoms with van der Waals surface area (Å²) in [5, 5.41) is 3.56. The highest BCUT2D eigenvalue weighted by molar-refractivity contribution is 6.30. The van der Waals surface area contributed by atoms with E-state index >= 15 is 0 Å². The highest BCUT2D eigenvalue weighted by Crippen LogP contribution is 2.22. The molecule has 0 unspecified atom stereocenters. The van der Waals surface area contributed by atoms with Crippen molar-refractivity contribution in [3.63, 3.8) is 0 Å². The van der Waals surface area contributed by atoms with Gasteiger partial charge < -0.3 is 9.26 Å². The molecule has 0 saturated carbocycles. The van der Waals surface area contributed by atoms with E-state index in [2.05, 4.69) is 14.9 Å². The Bertz CT molecular complexity index is 585. The molecule has 0 aliphatic rings. The van der Waals surface area contributed by atoms with Gasteiger partial charge in [-0.15, -0.1) is 0 Å². The van der Waals surface area contributed by atoms with Crippen LogP contribution in [0.4, 0.5) is 4.39 Å². The number of benzene rings is 1. The zero-order valence-corrected chi connectivity index (χ0v) is 10.1. The number of ether oxygens (including phenoxy) is 1. The van der Waals surface area contributed by atoms with Crippen LogP contribution < -0.4 is 0 Å². The largest absolute Gasteiger partial charge is 0.459 e. The Morgan fingerprint density at radius 3 is 3.00 bits per heavy atom. The molecule has 2 rings (SSSR count). The summed E-state index contributed by atoms with van der Waals surface area (Å²) in [6, 6.07) is 4.04. The van der Waals surface area contributed by atoms with Gasteiger partial charge in [0.15, 0.2) is 0 Å². The third-order valence-corrected chi connectivity index (χ3v) is 2.36. The van der Waals surface area contributed by atoms with Gasteiger partial charge >= 0.3 is 11.9 Å². The number of rotatable bonds is 3. The molecule has 1 aromatic carbocycles. The smallest absolute Gasteiger partial charge is 0.397 e. The molecule has 2 aromatic rings. The highest BCUT2D eigenvalue weighted by atomic mass is 35.5. The Labute approximate surface area is 107 Å². The summed E-state index contributed by atoms with van der Waals surface area (Å²) in [7, 11) is 0. The molecule has 0 bridgehead atoms. The summed E-state index contributed by atoms with van der Waals surface area (Å²) >= 11 is 5.55. The minimum Gasteiger partial charge on any atom is -0.459 e. The van der Waals surface area contributed by atoms with E-state index in [-0.39, 0.29) is 23.3 Å². The van der Waals surface area contributed by atoms with Crippen molar-refractivity contribution in [2.24, 2.45) is 0 Å². The molecule has 0 N–H and O–H groups in total. The summed E-state index contributed by atoms with van der Waals surface area (Å²) in [6.07, 6.45) is 0. The van der Waals surface area contributed by atoms with E-state index in [0.29, 0.717) is 5.56 Å². The second kappa shape index (κ2) is 5.14. The number of hydrogen-bond donors (Lipinski definition) is 0. The maximum absolute atomic E-state index is 13.2. The first-order valence-corrected chi connectivity index (χ1v) is 5.46. The Morgan fingerprint density at radius 2 is 2.33 bits per heavy atom. The van der Waals surface area contributed by atoms with Gasteiger partial charge in [-0.1, -0.05) is 16.8 Å². The van der Waals surface area contributed by atoms with E-state index in [1.54, 1.807) is 6.92 Å². The van der Waals surface area contributed by atoms with Crippen LogP contribution in [-0.2, 0) is 4.74 Å². The molecule has 0 amide bonds. The van der Waals surface area contributed by atoms with E-state index in [4.69, 9.17) is 16.1 Å². The highest BCUT2D eigenvalue weighted by Gasteiger charge is 2.17. The zero-order chi connectivity index (χ0) is 13.1. The monoisotopic (exact) mass is 270 g/mol. The standard InChI is InChI=1S/C11H8ClFN2O3/c1-2-17-11(16)10-14-9(15-18-10)6-3-4-7(12)8(13)5-6/h3-5H,2H2,1H3. The summed E-state index contributed by atoms with van der Waals surface area (Å²) in [5.41, 5.74) is 0.358. The molecule has 7 heteroatoms. The fourth-order valence-electron chi connectivity index (χ4n) is 1.25. The molecule has 0 atom stereocenters. The summed E-state index contributed by atoms with van der Waals surface area (Å²) in [5.74, 6) is -1.50. The first-order valence-electron chi connectivity index (χ1n) is 5.08. The third kappa shape index (κ3) is 2.48. The molecule has 0 aliphatic carbocycles. The van der Waals surface area contributed by atoms with Crippen LogP contribution in [0.5, 0.6) is 0 Å². The maximum atomic E-state index is 13.2. The average Bonchev–Trinajstić information content (AvgIpc) is 2.82. The minimum atomic E-state index is -0.717. The fourth-order valence-corrected chi connectivity index (χ4v) is 1.37. The molecule has 1 aromatic heterocycles. The molecule has 0 spiro atoms. The first-order chi connectivity index (χ1) is 8.61. The molecule has 94 valence electrons. The lowest BCUT2D eigenvalue weighted by molar-refractivity contribution is 0.0470. The van der Waals surface area contributed by atoms with Crippen molar-refractivity contribution in [3.8, 4) is 11.4 Å². The van der Waals surface area contributed by atoms with Crippen LogP contribution in [0.2, 0.25) is 5.02 Å². The van der Waals surface area contributed by atoms with Gasteiger partial charge in [-0.25, -0.2) is 9.18 Å². The predicted molar refractivity (Wildman–Crippen MR) is 60.7 cm³/mol. The van der Waals surface area contributed by atoms with Gasteiger partial charge in [-0.2, -0.15) is 4.98 Å². The lowest BCUT2D eigenvalue weighted by Gasteiger charge is -1.96. The lowest BCUT2D eigenvalue weighted by atomic mass is 10.2. The molecular formula is C11H8ClFN2O3. The molecule has 0 aliphatic heterocycles. The Kier molecular flexibility index (Phi) is 3.57. The van der Waals surface area contributed by atoms with Gasteiger partial charge in [0.1, 0.15) is 5.82 Å². The maximum Gasteiger partial charge on any atom is 0.397 e. The number of hydrogen-bond acceptors (Lipinski definition) is 5. The second-order valence-corrected chi connectivity index (χ2v) is 3.68. The predicted octanol–water partition coefficient (Wildman–Crippen LogP) is 2.71. The number of aromatic nitrogens is 2. The van der Waals surface area contributed by atoms with Crippen molar-refractivity contribution in [1.82, 2.24) is 10.1 Å². The quantitative estimate of drug-likeness (QED) is 0.802. The fraction of sp³-hybridized carbons (Fsp3) is 0.182. The van der Waals surface area contributed by atoms with Crippen molar-refractivity contribution >= 4 is 17.6 Å². The number of carbonyl (C=O) groups is 1. The van der Waals surface area contributed by atoms with Crippen LogP contribution in [0.1, 0.15) is 17.6 Å². The number of esters is 1. The lowest BCUT2D eigenvalue weighted by Crippen LogP contribution is -2.04. The van der Waals surface area contributed by atoms with Crippen LogP contribution in [-0.4, -0.2) is 22.7 Å². The zero-order valence-electron chi connectivity index (χ0n) is 9.31. The van der Waals surface area contributed by atoms with Crippen LogP contribution in [0.3, 0.4) is 0 Å². The average molecular weight is 271 g/mol. The van der Waals surface area contributed by atoms with E-state index in [1.165, 1.54) is 12.1 Å². The molecule has 5 nitrogen and oxygen atoms in total. The summed E-state index contributed by atoms with van der Waals surface area (Å²) < 4.78 is 22.6. The van der Waals surface area contributed by atoms with Crippen molar-refractivity contribution in [2.75, 3.05) is 6.61 Å². The van der Waals surface area contributed by atoms with Gasteiger partial charge in [0, 0.05) is 5.56 Å². The van der Waals surface area contributed by atoms with Crippen molar-refractivity contribution < 1.29 is 18.4 Å². The Morgan fingerprint density at radius 1 is 1.56 bits per heavy atom. The van der Waals surface area contributed by atoms with Crippen LogP contribution >= 0.6 is 11.6 Å². The van der Waals surface area contributed by atoms with Gasteiger partial charge in [0.05, 0.1) is 11.6 Å². The molecule has 1 heterocycles. The van der Waals surface area contributed by atoms with E-state index in [9.17, 15) is 9.18 Å². The number of carbonyl (C=O) groups excluding carboxylic acids is 1. The van der Waals surface area contributed by atoms with Crippen LogP contribution in [0, 0.1) is 5.82 Å². The van der Waals surface area contributed by atoms with Crippen molar-refractivity contribution in [2.45, 2.75) is 6.92 Å². The Hall–Kier alpha value is -1.95. The third-order valence-electron chi connectivity index (χ3n) is 2.05. The summed E-state index contributed by atoms with van der Waals surface area (Å²) in [6.45, 7) is 1.86. The van der Waals surface area contributed by atoms with Crippen molar-refractivity contribution in [3.05, 3.63) is 34.9 Å². The van der Waals surface area contributed by atoms with Crippen LogP contribution in [0.15, 0.2) is 22.7 Å². The first kappa shape index (κ1) is 12.5. The van der Waals surface area contributed by atoms with Crippen LogP contribution in [0.25, 0.3) is 11.4 Å². The van der Waals surface area contributed by atoms with Crippen molar-refractivity contribution in [1.29, 1.82) is 0 Å². The van der Waals surface area contributed by atoms with E-state index in [0.717, 1.165) is 6.07 Å². The summed E-state index contributed by atoms with van der Waals surface area (Å²) in [4.78, 5) is 15.1. The van der Waals surface area contributed by atoms with Gasteiger partial charge in [-0.3, -0.25) is 0 Å². The SMILES string of the molecule is CCOC(=O)c1nc(-c2ccc(Cl)c(F)c2)no1. The van der Waals surface area contributed by atoms with Gasteiger partial charge in [0.25, 0.3) is 0 Å². The molecule has 0 radical (unpaired) electrons.